The molecule has 0 aliphatic rings. The molecule has 0 amide bonds. The van der Waals surface area contributed by atoms with Crippen molar-refractivity contribution in [3.63, 3.8) is 0 Å². The van der Waals surface area contributed by atoms with Crippen molar-refractivity contribution >= 4 is 16.8 Å². The summed E-state index contributed by atoms with van der Waals surface area (Å²) >= 11 is 0. The number of nitriles is 1. The van der Waals surface area contributed by atoms with Crippen LogP contribution in [0.25, 0.3) is 5.69 Å². The first-order valence-corrected chi connectivity index (χ1v) is 9.65. The summed E-state index contributed by atoms with van der Waals surface area (Å²) in [5.74, 6) is -1.63. The minimum absolute atomic E-state index is 0.0150. The summed E-state index contributed by atoms with van der Waals surface area (Å²) in [6, 6.07) is 9.22. The van der Waals surface area contributed by atoms with Crippen LogP contribution in [0.3, 0.4) is 0 Å². The van der Waals surface area contributed by atoms with Crippen LogP contribution in [0, 0.1) is 18.3 Å². The van der Waals surface area contributed by atoms with E-state index in [1.54, 1.807) is 0 Å². The molecule has 0 fully saturated rings. The second-order valence-electron chi connectivity index (χ2n) is 6.27. The minimum atomic E-state index is -4.68. The van der Waals surface area contributed by atoms with Gasteiger partial charge in [0.05, 0.1) is 16.0 Å². The third-order valence-electron chi connectivity index (χ3n) is 4.32. The number of alkyl halides is 3. The maximum atomic E-state index is 13.1. The van der Waals surface area contributed by atoms with Crippen molar-refractivity contribution in [2.24, 2.45) is 0 Å². The first-order chi connectivity index (χ1) is 14.5. The van der Waals surface area contributed by atoms with Gasteiger partial charge in [0.1, 0.15) is 27.5 Å². The van der Waals surface area contributed by atoms with Crippen molar-refractivity contribution in [3.8, 4) is 11.8 Å². The molecule has 0 saturated carbocycles. The Balaban J connectivity index is 2.27. The summed E-state index contributed by atoms with van der Waals surface area (Å²) in [5, 5.41) is 18.2. The van der Waals surface area contributed by atoms with E-state index in [1.807, 2.05) is 6.07 Å². The number of nitrogens with zero attached hydrogens (tertiary/aromatic N) is 3. The number of halogens is 3. The van der Waals surface area contributed by atoms with E-state index < -0.39 is 39.6 Å². The lowest BCUT2D eigenvalue weighted by molar-refractivity contribution is -0.137. The molecule has 158 valence electrons. The monoisotopic (exact) mass is 447 g/mol. The number of pyridine rings is 2. The Bertz CT molecular complexity index is 1310. The molecule has 0 spiro atoms. The minimum Gasteiger partial charge on any atom is -0.477 e. The predicted octanol–water partition coefficient (Wildman–Crippen LogP) is 3.30. The van der Waals surface area contributed by atoms with Gasteiger partial charge >= 0.3 is 12.1 Å². The number of hydrogen-bond acceptors (Lipinski definition) is 5. The number of carboxylic acids is 1. The van der Waals surface area contributed by atoms with E-state index in [2.05, 4.69) is 4.98 Å². The standard InChI is InChI=1S/C20H12F3N3O4S/c1-11-16(31(30)17-6-5-12(9-24)10-25-17)8-15(19(28)29)18(27)26(11)14-4-2-3-13(7-14)20(21,22)23/h2-8,10H,1H3,(H,28,29). The zero-order valence-electron chi connectivity index (χ0n) is 15.7. The van der Waals surface area contributed by atoms with E-state index in [0.717, 1.165) is 22.8 Å². The molecule has 2 aromatic heterocycles. The van der Waals surface area contributed by atoms with E-state index in [-0.39, 0.29) is 26.9 Å². The van der Waals surface area contributed by atoms with Crippen LogP contribution in [0.5, 0.6) is 0 Å². The maximum absolute atomic E-state index is 13.1. The molecule has 0 radical (unpaired) electrons. The van der Waals surface area contributed by atoms with Crippen molar-refractivity contribution in [1.29, 1.82) is 5.26 Å². The lowest BCUT2D eigenvalue weighted by atomic mass is 10.1. The van der Waals surface area contributed by atoms with E-state index in [0.29, 0.717) is 6.07 Å². The Morgan fingerprint density at radius 1 is 1.23 bits per heavy atom. The SMILES string of the molecule is Cc1c(S(=O)c2ccc(C#N)cn2)cc(C(=O)O)c(=O)n1-c1cccc(C(F)(F)F)c1. The van der Waals surface area contributed by atoms with Crippen LogP contribution in [0.1, 0.15) is 27.2 Å². The van der Waals surface area contributed by atoms with Crippen LogP contribution in [0.4, 0.5) is 13.2 Å². The largest absolute Gasteiger partial charge is 0.477 e. The second-order valence-corrected chi connectivity index (χ2v) is 7.66. The molecule has 3 rings (SSSR count). The van der Waals surface area contributed by atoms with E-state index in [9.17, 15) is 32.1 Å². The van der Waals surface area contributed by atoms with Gasteiger partial charge in [0.2, 0.25) is 0 Å². The Morgan fingerprint density at radius 2 is 1.94 bits per heavy atom. The van der Waals surface area contributed by atoms with Crippen LogP contribution in [0.15, 0.2) is 63.4 Å². The number of carbonyl (C=O) groups is 1. The van der Waals surface area contributed by atoms with Crippen molar-refractivity contribution in [2.45, 2.75) is 23.0 Å². The van der Waals surface area contributed by atoms with Crippen LogP contribution >= 0.6 is 0 Å². The topological polar surface area (TPSA) is 113 Å². The van der Waals surface area contributed by atoms with Gasteiger partial charge < -0.3 is 5.11 Å². The molecule has 0 saturated heterocycles. The summed E-state index contributed by atoms with van der Waals surface area (Å²) < 4.78 is 53.2. The molecule has 11 heteroatoms. The molecule has 3 aromatic rings. The number of hydrogen-bond donors (Lipinski definition) is 1. The van der Waals surface area contributed by atoms with Crippen LogP contribution in [-0.2, 0) is 17.0 Å². The van der Waals surface area contributed by atoms with Gasteiger partial charge in [-0.25, -0.2) is 14.0 Å². The van der Waals surface area contributed by atoms with Gasteiger partial charge in [-0.05, 0) is 43.3 Å². The molecule has 0 aliphatic carbocycles. The van der Waals surface area contributed by atoms with Gasteiger partial charge in [-0.2, -0.15) is 18.4 Å². The van der Waals surface area contributed by atoms with Gasteiger partial charge in [-0.15, -0.1) is 0 Å². The molecular weight excluding hydrogens is 435 g/mol. The highest BCUT2D eigenvalue weighted by Gasteiger charge is 2.31. The highest BCUT2D eigenvalue weighted by atomic mass is 32.2. The summed E-state index contributed by atoms with van der Waals surface area (Å²) in [6.07, 6.45) is -3.51. The number of carboxylic acid groups (broad SMARTS) is 1. The van der Waals surface area contributed by atoms with Crippen LogP contribution in [0.2, 0.25) is 0 Å². The van der Waals surface area contributed by atoms with Gasteiger partial charge in [0, 0.05) is 17.6 Å². The molecule has 1 atom stereocenters. The lowest BCUT2D eigenvalue weighted by Crippen LogP contribution is -2.28. The molecule has 7 nitrogen and oxygen atoms in total. The van der Waals surface area contributed by atoms with E-state index >= 15 is 0 Å². The Labute approximate surface area is 175 Å². The first-order valence-electron chi connectivity index (χ1n) is 8.50. The Morgan fingerprint density at radius 3 is 2.48 bits per heavy atom. The Kier molecular flexibility index (Phi) is 5.77. The van der Waals surface area contributed by atoms with E-state index in [4.69, 9.17) is 5.26 Å². The lowest BCUT2D eigenvalue weighted by Gasteiger charge is -2.16. The normalized spacial score (nSPS) is 12.2. The molecular formula is C20H12F3N3O4S. The molecule has 0 bridgehead atoms. The second kappa shape index (κ2) is 8.16. The highest BCUT2D eigenvalue weighted by molar-refractivity contribution is 7.85. The summed E-state index contributed by atoms with van der Waals surface area (Å²) in [7, 11) is -2.08. The average molecular weight is 447 g/mol. The number of rotatable bonds is 4. The number of benzene rings is 1. The molecule has 1 N–H and O–H groups in total. The molecule has 31 heavy (non-hydrogen) atoms. The third kappa shape index (κ3) is 4.24. The van der Waals surface area contributed by atoms with Gasteiger partial charge in [-0.1, -0.05) is 6.07 Å². The van der Waals surface area contributed by atoms with Crippen molar-refractivity contribution < 1.29 is 27.3 Å². The summed E-state index contributed by atoms with van der Waals surface area (Å²) in [5.41, 5.74) is -2.91. The van der Waals surface area contributed by atoms with E-state index in [1.165, 1.54) is 31.3 Å². The fourth-order valence-electron chi connectivity index (χ4n) is 2.82. The van der Waals surface area contributed by atoms with Crippen LogP contribution < -0.4 is 5.56 Å². The zero-order chi connectivity index (χ0) is 22.9. The maximum Gasteiger partial charge on any atom is 0.416 e. The highest BCUT2D eigenvalue weighted by Crippen LogP contribution is 2.31. The summed E-state index contributed by atoms with van der Waals surface area (Å²) in [6.45, 7) is 1.34. The molecule has 1 aromatic carbocycles. The zero-order valence-corrected chi connectivity index (χ0v) is 16.5. The van der Waals surface area contributed by atoms with Crippen molar-refractivity contribution in [2.75, 3.05) is 0 Å². The molecule has 0 aliphatic heterocycles. The fraction of sp³-hybridized carbons (Fsp3) is 0.100. The summed E-state index contributed by atoms with van der Waals surface area (Å²) in [4.78, 5) is 28.1. The predicted molar refractivity (Wildman–Crippen MR) is 102 cm³/mol. The fourth-order valence-corrected chi connectivity index (χ4v) is 3.97. The average Bonchev–Trinajstić information content (AvgIpc) is 2.73. The number of aromatic carboxylic acids is 1. The molecule has 1 unspecified atom stereocenters. The van der Waals surface area contributed by atoms with Gasteiger partial charge in [0.25, 0.3) is 5.56 Å². The van der Waals surface area contributed by atoms with Crippen molar-refractivity contribution in [3.05, 3.63) is 81.4 Å². The quantitative estimate of drug-likeness (QED) is 0.657. The van der Waals surface area contributed by atoms with Crippen molar-refractivity contribution in [1.82, 2.24) is 9.55 Å². The smallest absolute Gasteiger partial charge is 0.416 e. The first kappa shape index (κ1) is 21.9. The van der Waals surface area contributed by atoms with Crippen LogP contribution in [-0.4, -0.2) is 24.8 Å². The molecule has 2 heterocycles. The number of aromatic nitrogens is 2. The third-order valence-corrected chi connectivity index (χ3v) is 5.75. The van der Waals surface area contributed by atoms with Gasteiger partial charge in [0.15, 0.2) is 0 Å². The van der Waals surface area contributed by atoms with Gasteiger partial charge in [-0.3, -0.25) is 9.36 Å². The Hall–Kier alpha value is -3.78.